The van der Waals surface area contributed by atoms with Gasteiger partial charge in [0.15, 0.2) is 6.54 Å². The number of carbonyl (C=O) groups excluding carboxylic acids is 2. The van der Waals surface area contributed by atoms with Crippen molar-refractivity contribution in [1.82, 2.24) is 4.90 Å². The summed E-state index contributed by atoms with van der Waals surface area (Å²) in [5, 5.41) is 4.38. The molecule has 0 unspecified atom stereocenters. The van der Waals surface area contributed by atoms with Crippen molar-refractivity contribution in [2.24, 2.45) is 0 Å². The van der Waals surface area contributed by atoms with Crippen LogP contribution >= 0.6 is 0 Å². The van der Waals surface area contributed by atoms with Crippen LogP contribution in [0.3, 0.4) is 0 Å². The van der Waals surface area contributed by atoms with E-state index in [0.29, 0.717) is 16.8 Å². The first-order valence-corrected chi connectivity index (χ1v) is 8.17. The second-order valence-electron chi connectivity index (χ2n) is 6.22. The van der Waals surface area contributed by atoms with Crippen molar-refractivity contribution < 1.29 is 23.7 Å². The summed E-state index contributed by atoms with van der Waals surface area (Å²) in [6.45, 7) is 1.82. The minimum atomic E-state index is -0.632. The normalized spacial score (nSPS) is 11.7. The van der Waals surface area contributed by atoms with Gasteiger partial charge in [0.05, 0.1) is 0 Å². The van der Waals surface area contributed by atoms with E-state index < -0.39 is 11.6 Å². The third-order valence-electron chi connectivity index (χ3n) is 3.93. The lowest BCUT2D eigenvalue weighted by molar-refractivity contribution is -0.682. The minimum Gasteiger partial charge on any atom is -0.345 e. The second kappa shape index (κ2) is 8.53. The van der Waals surface area contributed by atoms with E-state index in [4.69, 9.17) is 0 Å². The average molecular weight is 362 g/mol. The van der Waals surface area contributed by atoms with Gasteiger partial charge in [-0.05, 0) is 43.3 Å². The van der Waals surface area contributed by atoms with Crippen molar-refractivity contribution in [2.45, 2.75) is 13.0 Å². The van der Waals surface area contributed by atoms with Crippen LogP contribution in [0, 0.1) is 11.6 Å². The number of rotatable bonds is 6. The number of nitrogens with zero attached hydrogens (tertiary/aromatic N) is 1. The van der Waals surface area contributed by atoms with Crippen molar-refractivity contribution in [3.63, 3.8) is 0 Å². The lowest BCUT2D eigenvalue weighted by Gasteiger charge is -2.13. The van der Waals surface area contributed by atoms with Gasteiger partial charge in [0.1, 0.15) is 17.7 Å². The number of carbonyl (C=O) groups is 2. The van der Waals surface area contributed by atoms with Gasteiger partial charge in [-0.3, -0.25) is 9.59 Å². The van der Waals surface area contributed by atoms with Crippen molar-refractivity contribution in [3.05, 3.63) is 65.2 Å². The Hall–Kier alpha value is -2.80. The number of hydrogen-bond acceptors (Lipinski definition) is 2. The van der Waals surface area contributed by atoms with Gasteiger partial charge in [-0.15, -0.1) is 0 Å². The Balaban J connectivity index is 1.89. The summed E-state index contributed by atoms with van der Waals surface area (Å²) >= 11 is 0. The lowest BCUT2D eigenvalue weighted by Crippen LogP contribution is -2.86. The summed E-state index contributed by atoms with van der Waals surface area (Å²) < 4.78 is 26.7. The molecule has 0 aliphatic rings. The van der Waals surface area contributed by atoms with Gasteiger partial charge in [0.2, 0.25) is 0 Å². The third kappa shape index (κ3) is 5.10. The zero-order valence-corrected chi connectivity index (χ0v) is 14.9. The van der Waals surface area contributed by atoms with E-state index in [9.17, 15) is 18.4 Å². The molecule has 0 saturated heterocycles. The highest BCUT2D eigenvalue weighted by atomic mass is 19.1. The molecule has 0 aliphatic carbocycles. The standard InChI is InChI=1S/C19H21F2N3O2/c1-12(16-9-6-14(20)10-17(16)21)22-11-18(25)23-15-7-4-13(5-8-15)19(26)24(2)3/h4-10,12,22H,11H2,1-3H3,(H,23,25)/p+1/t12-/m0/s1. The number of nitrogens with two attached hydrogens (primary N) is 1. The maximum absolute atomic E-state index is 13.7. The number of anilines is 1. The molecule has 0 radical (unpaired) electrons. The molecule has 2 aromatic carbocycles. The van der Waals surface area contributed by atoms with Crippen LogP contribution in [0.25, 0.3) is 0 Å². The van der Waals surface area contributed by atoms with E-state index >= 15 is 0 Å². The Morgan fingerprint density at radius 2 is 1.77 bits per heavy atom. The van der Waals surface area contributed by atoms with Crippen molar-refractivity contribution in [3.8, 4) is 0 Å². The predicted octanol–water partition coefficient (Wildman–Crippen LogP) is 1.93. The Kier molecular flexibility index (Phi) is 6.41. The van der Waals surface area contributed by atoms with Gasteiger partial charge in [-0.25, -0.2) is 8.78 Å². The summed E-state index contributed by atoms with van der Waals surface area (Å²) in [7, 11) is 3.33. The average Bonchev–Trinajstić information content (AvgIpc) is 2.59. The van der Waals surface area contributed by atoms with E-state index in [2.05, 4.69) is 5.32 Å². The molecule has 1 atom stereocenters. The van der Waals surface area contributed by atoms with Crippen molar-refractivity contribution in [1.29, 1.82) is 0 Å². The van der Waals surface area contributed by atoms with Gasteiger partial charge in [0, 0.05) is 37.0 Å². The van der Waals surface area contributed by atoms with Crippen LogP contribution in [0.15, 0.2) is 42.5 Å². The van der Waals surface area contributed by atoms with Gasteiger partial charge >= 0.3 is 0 Å². The highest BCUT2D eigenvalue weighted by Crippen LogP contribution is 2.15. The smallest absolute Gasteiger partial charge is 0.279 e. The summed E-state index contributed by atoms with van der Waals surface area (Å²) in [6.07, 6.45) is 0. The molecular formula is C19H22F2N3O2+. The largest absolute Gasteiger partial charge is 0.345 e. The van der Waals surface area contributed by atoms with Crippen LogP contribution in [0.1, 0.15) is 28.9 Å². The Morgan fingerprint density at radius 3 is 2.35 bits per heavy atom. The van der Waals surface area contributed by atoms with Crippen LogP contribution in [0.2, 0.25) is 0 Å². The molecule has 138 valence electrons. The summed E-state index contributed by atoms with van der Waals surface area (Å²) in [5.74, 6) is -1.64. The Bertz CT molecular complexity index is 792. The molecule has 26 heavy (non-hydrogen) atoms. The lowest BCUT2D eigenvalue weighted by atomic mass is 10.1. The van der Waals surface area contributed by atoms with Gasteiger partial charge in [0.25, 0.3) is 11.8 Å². The SMILES string of the molecule is C[C@H]([NH2+]CC(=O)Nc1ccc(C(=O)N(C)C)cc1)c1ccc(F)cc1F. The zero-order chi connectivity index (χ0) is 19.3. The minimum absolute atomic E-state index is 0.0797. The fraction of sp³-hybridized carbons (Fsp3) is 0.263. The fourth-order valence-corrected chi connectivity index (χ4v) is 2.45. The van der Waals surface area contributed by atoms with Crippen molar-refractivity contribution in [2.75, 3.05) is 26.0 Å². The Labute approximate surface area is 151 Å². The molecule has 0 fully saturated rings. The molecule has 0 saturated carbocycles. The van der Waals surface area contributed by atoms with Gasteiger partial charge in [-0.2, -0.15) is 0 Å². The summed E-state index contributed by atoms with van der Waals surface area (Å²) in [5.41, 5.74) is 1.44. The molecule has 0 heterocycles. The number of amides is 2. The van der Waals surface area contributed by atoms with Gasteiger partial charge in [-0.1, -0.05) is 0 Å². The molecular weight excluding hydrogens is 340 g/mol. The first-order chi connectivity index (χ1) is 12.3. The first-order valence-electron chi connectivity index (χ1n) is 8.17. The highest BCUT2D eigenvalue weighted by Gasteiger charge is 2.16. The highest BCUT2D eigenvalue weighted by molar-refractivity contribution is 5.95. The molecule has 2 rings (SSSR count). The Morgan fingerprint density at radius 1 is 1.12 bits per heavy atom. The van der Waals surface area contributed by atoms with Crippen LogP contribution in [0.4, 0.5) is 14.5 Å². The van der Waals surface area contributed by atoms with Gasteiger partial charge < -0.3 is 15.5 Å². The summed E-state index contributed by atoms with van der Waals surface area (Å²) in [4.78, 5) is 25.3. The van der Waals surface area contributed by atoms with Crippen LogP contribution in [0.5, 0.6) is 0 Å². The number of halogens is 2. The molecule has 0 spiro atoms. The topological polar surface area (TPSA) is 66.0 Å². The van der Waals surface area contributed by atoms with E-state index in [1.165, 1.54) is 17.0 Å². The van der Waals surface area contributed by atoms with Crippen LogP contribution in [-0.4, -0.2) is 37.4 Å². The maximum atomic E-state index is 13.7. The van der Waals surface area contributed by atoms with Crippen molar-refractivity contribution >= 4 is 17.5 Å². The van der Waals surface area contributed by atoms with Crippen LogP contribution < -0.4 is 10.6 Å². The van der Waals surface area contributed by atoms with E-state index in [1.807, 2.05) is 0 Å². The first kappa shape index (κ1) is 19.5. The zero-order valence-electron chi connectivity index (χ0n) is 14.9. The molecule has 0 aromatic heterocycles. The molecule has 7 heteroatoms. The summed E-state index contributed by atoms with van der Waals surface area (Å²) in [6, 6.07) is 9.65. The fourth-order valence-electron chi connectivity index (χ4n) is 2.45. The quantitative estimate of drug-likeness (QED) is 0.825. The molecule has 2 amide bonds. The number of nitrogens with one attached hydrogen (secondary N) is 1. The molecule has 0 aliphatic heterocycles. The van der Waals surface area contributed by atoms with E-state index in [1.54, 1.807) is 50.6 Å². The number of benzene rings is 2. The molecule has 3 N–H and O–H groups in total. The third-order valence-corrected chi connectivity index (χ3v) is 3.93. The van der Waals surface area contributed by atoms with E-state index in [0.717, 1.165) is 6.07 Å². The van der Waals surface area contributed by atoms with Crippen LogP contribution in [-0.2, 0) is 4.79 Å². The molecule has 0 bridgehead atoms. The maximum Gasteiger partial charge on any atom is 0.279 e. The predicted molar refractivity (Wildman–Crippen MR) is 94.7 cm³/mol. The molecule has 2 aromatic rings. The number of hydrogen-bond donors (Lipinski definition) is 2. The second-order valence-corrected chi connectivity index (χ2v) is 6.22. The van der Waals surface area contributed by atoms with E-state index in [-0.39, 0.29) is 24.4 Å². The monoisotopic (exact) mass is 362 g/mol. The number of quaternary nitrogens is 1. The molecule has 5 nitrogen and oxygen atoms in total.